The molecule has 0 aliphatic heterocycles. The second-order valence-electron chi connectivity index (χ2n) is 6.15. The van der Waals surface area contributed by atoms with Crippen LogP contribution in [0.15, 0.2) is 59.4 Å². The number of likely N-dealkylation sites (N-methyl/N-ethyl adjacent to an activating group) is 1. The summed E-state index contributed by atoms with van der Waals surface area (Å²) in [7, 11) is 3.91. The maximum absolute atomic E-state index is 12.8. The van der Waals surface area contributed by atoms with Crippen LogP contribution < -0.4 is 10.9 Å². The molecule has 0 unspecified atom stereocenters. The highest BCUT2D eigenvalue weighted by molar-refractivity contribution is 6.04. The summed E-state index contributed by atoms with van der Waals surface area (Å²) in [6, 6.07) is 16.6. The third kappa shape index (κ3) is 3.75. The molecule has 2 N–H and O–H groups in total. The zero-order chi connectivity index (χ0) is 17.8. The number of H-pyrrole nitrogens is 1. The lowest BCUT2D eigenvalue weighted by Crippen LogP contribution is -2.36. The summed E-state index contributed by atoms with van der Waals surface area (Å²) >= 11 is 0. The summed E-state index contributed by atoms with van der Waals surface area (Å²) in [5, 5.41) is 10.4. The van der Waals surface area contributed by atoms with Gasteiger partial charge in [0.1, 0.15) is 0 Å². The van der Waals surface area contributed by atoms with Gasteiger partial charge in [0.2, 0.25) is 0 Å². The molecule has 25 heavy (non-hydrogen) atoms. The molecule has 3 aromatic rings. The van der Waals surface area contributed by atoms with E-state index in [1.165, 1.54) is 0 Å². The highest BCUT2D eigenvalue weighted by atomic mass is 16.2. The van der Waals surface area contributed by atoms with Crippen molar-refractivity contribution in [2.45, 2.75) is 6.04 Å². The number of amides is 1. The number of nitrogens with one attached hydrogen (secondary N) is 2. The van der Waals surface area contributed by atoms with Crippen molar-refractivity contribution in [1.82, 2.24) is 20.4 Å². The predicted octanol–water partition coefficient (Wildman–Crippen LogP) is 1.96. The van der Waals surface area contributed by atoms with Gasteiger partial charge < -0.3 is 10.2 Å². The van der Waals surface area contributed by atoms with Crippen LogP contribution in [0.4, 0.5) is 0 Å². The van der Waals surface area contributed by atoms with Crippen LogP contribution in [-0.2, 0) is 0 Å². The maximum atomic E-state index is 12.8. The fourth-order valence-electron chi connectivity index (χ4n) is 2.80. The summed E-state index contributed by atoms with van der Waals surface area (Å²) in [5.74, 6) is -0.317. The number of benzene rings is 2. The van der Waals surface area contributed by atoms with Gasteiger partial charge in [0.25, 0.3) is 11.5 Å². The molecule has 0 fully saturated rings. The Kier molecular flexibility index (Phi) is 4.90. The normalized spacial score (nSPS) is 12.3. The van der Waals surface area contributed by atoms with E-state index in [1.54, 1.807) is 24.3 Å². The van der Waals surface area contributed by atoms with E-state index in [0.717, 1.165) is 5.56 Å². The van der Waals surface area contributed by atoms with Crippen LogP contribution in [0.3, 0.4) is 0 Å². The van der Waals surface area contributed by atoms with Gasteiger partial charge in [-0.3, -0.25) is 9.59 Å². The fraction of sp³-hybridized carbons (Fsp3) is 0.211. The minimum Gasteiger partial charge on any atom is -0.343 e. The molecule has 1 aromatic heterocycles. The Balaban J connectivity index is 1.95. The van der Waals surface area contributed by atoms with E-state index in [9.17, 15) is 9.59 Å². The zero-order valence-corrected chi connectivity index (χ0v) is 14.2. The van der Waals surface area contributed by atoms with E-state index in [2.05, 4.69) is 15.5 Å². The van der Waals surface area contributed by atoms with Crippen molar-refractivity contribution in [1.29, 1.82) is 0 Å². The molecular weight excluding hydrogens is 316 g/mol. The first-order chi connectivity index (χ1) is 12.1. The molecule has 0 aliphatic rings. The van der Waals surface area contributed by atoms with Gasteiger partial charge in [-0.25, -0.2) is 5.10 Å². The van der Waals surface area contributed by atoms with E-state index in [1.807, 2.05) is 49.3 Å². The lowest BCUT2D eigenvalue weighted by molar-refractivity contribution is 0.0925. The Labute approximate surface area is 145 Å². The number of aromatic nitrogens is 2. The molecule has 1 atom stereocenters. The Morgan fingerprint density at radius 1 is 1.08 bits per heavy atom. The van der Waals surface area contributed by atoms with Gasteiger partial charge in [0, 0.05) is 11.9 Å². The zero-order valence-electron chi connectivity index (χ0n) is 14.2. The minimum absolute atomic E-state index is 0.184. The maximum Gasteiger partial charge on any atom is 0.272 e. The van der Waals surface area contributed by atoms with Crippen LogP contribution in [0.25, 0.3) is 10.8 Å². The average molecular weight is 336 g/mol. The smallest absolute Gasteiger partial charge is 0.272 e. The highest BCUT2D eigenvalue weighted by Gasteiger charge is 2.19. The summed E-state index contributed by atoms with van der Waals surface area (Å²) in [6.07, 6.45) is 0. The lowest BCUT2D eigenvalue weighted by atomic mass is 10.1. The Bertz CT molecular complexity index is 935. The largest absolute Gasteiger partial charge is 0.343 e. The van der Waals surface area contributed by atoms with Gasteiger partial charge in [0.15, 0.2) is 5.69 Å². The van der Waals surface area contributed by atoms with Crippen LogP contribution in [-0.4, -0.2) is 41.6 Å². The first-order valence-electron chi connectivity index (χ1n) is 8.04. The van der Waals surface area contributed by atoms with Crippen LogP contribution in [0.5, 0.6) is 0 Å². The summed E-state index contributed by atoms with van der Waals surface area (Å²) < 4.78 is 0. The first-order valence-corrected chi connectivity index (χ1v) is 8.04. The second kappa shape index (κ2) is 7.27. The van der Waals surface area contributed by atoms with Crippen molar-refractivity contribution in [3.05, 3.63) is 76.2 Å². The van der Waals surface area contributed by atoms with Gasteiger partial charge in [0.05, 0.1) is 11.4 Å². The molecule has 2 aromatic carbocycles. The molecule has 3 rings (SSSR count). The van der Waals surface area contributed by atoms with Gasteiger partial charge in [-0.1, -0.05) is 48.5 Å². The molecule has 0 bridgehead atoms. The van der Waals surface area contributed by atoms with Gasteiger partial charge >= 0.3 is 0 Å². The first kappa shape index (κ1) is 16.9. The Morgan fingerprint density at radius 2 is 1.72 bits per heavy atom. The molecule has 0 aliphatic carbocycles. The number of nitrogens with zero attached hydrogens (tertiary/aromatic N) is 2. The molecule has 0 spiro atoms. The Morgan fingerprint density at radius 3 is 2.40 bits per heavy atom. The fourth-order valence-corrected chi connectivity index (χ4v) is 2.80. The third-order valence-electron chi connectivity index (χ3n) is 3.97. The third-order valence-corrected chi connectivity index (χ3v) is 3.97. The molecular formula is C19H20N4O2. The number of aromatic amines is 1. The van der Waals surface area contributed by atoms with Crippen molar-refractivity contribution >= 4 is 16.7 Å². The van der Waals surface area contributed by atoms with Crippen molar-refractivity contribution in [3.8, 4) is 0 Å². The van der Waals surface area contributed by atoms with E-state index < -0.39 is 0 Å². The molecule has 128 valence electrons. The predicted molar refractivity (Wildman–Crippen MR) is 97.6 cm³/mol. The second-order valence-corrected chi connectivity index (χ2v) is 6.15. The minimum atomic E-state index is -0.317. The molecule has 0 saturated heterocycles. The van der Waals surface area contributed by atoms with Gasteiger partial charge in [-0.2, -0.15) is 5.10 Å². The van der Waals surface area contributed by atoms with E-state index in [4.69, 9.17) is 0 Å². The van der Waals surface area contributed by atoms with E-state index in [-0.39, 0.29) is 23.2 Å². The molecule has 0 radical (unpaired) electrons. The van der Waals surface area contributed by atoms with Crippen molar-refractivity contribution in [3.63, 3.8) is 0 Å². The standard InChI is InChI=1S/C19H20N4O2/c1-23(2)12-16(13-8-4-3-5-9-13)20-19(25)17-14-10-6-7-11-15(14)18(24)22-21-17/h3-11,16H,12H2,1-2H3,(H,20,25)(H,22,24)/t16-/m0/s1. The number of rotatable bonds is 5. The molecule has 1 heterocycles. The Hall–Kier alpha value is -2.99. The number of carbonyl (C=O) groups is 1. The molecule has 0 saturated carbocycles. The van der Waals surface area contributed by atoms with Crippen LogP contribution >= 0.6 is 0 Å². The van der Waals surface area contributed by atoms with E-state index >= 15 is 0 Å². The average Bonchev–Trinajstić information content (AvgIpc) is 2.62. The summed E-state index contributed by atoms with van der Waals surface area (Å²) in [4.78, 5) is 26.7. The summed E-state index contributed by atoms with van der Waals surface area (Å²) in [6.45, 7) is 0.650. The van der Waals surface area contributed by atoms with Crippen molar-refractivity contribution in [2.75, 3.05) is 20.6 Å². The van der Waals surface area contributed by atoms with Crippen LogP contribution in [0, 0.1) is 0 Å². The number of fused-ring (bicyclic) bond motifs is 1. The lowest BCUT2D eigenvalue weighted by Gasteiger charge is -2.22. The molecule has 6 heteroatoms. The topological polar surface area (TPSA) is 78.1 Å². The summed E-state index contributed by atoms with van der Waals surface area (Å²) in [5.41, 5.74) is 0.924. The van der Waals surface area contributed by atoms with Crippen molar-refractivity contribution in [2.24, 2.45) is 0 Å². The van der Waals surface area contributed by atoms with Crippen LogP contribution in [0.1, 0.15) is 22.1 Å². The number of carbonyl (C=O) groups excluding carboxylic acids is 1. The van der Waals surface area contributed by atoms with Crippen molar-refractivity contribution < 1.29 is 4.79 Å². The van der Waals surface area contributed by atoms with Crippen LogP contribution in [0.2, 0.25) is 0 Å². The SMILES string of the molecule is CN(C)C[C@H](NC(=O)c1n[nH]c(=O)c2ccccc12)c1ccccc1. The molecule has 6 nitrogen and oxygen atoms in total. The quantitative estimate of drug-likeness (QED) is 0.746. The highest BCUT2D eigenvalue weighted by Crippen LogP contribution is 2.16. The molecule has 1 amide bonds. The number of hydrogen-bond acceptors (Lipinski definition) is 4. The van der Waals surface area contributed by atoms with Gasteiger partial charge in [-0.15, -0.1) is 0 Å². The number of hydrogen-bond donors (Lipinski definition) is 2. The van der Waals surface area contributed by atoms with Gasteiger partial charge in [-0.05, 0) is 25.7 Å². The monoisotopic (exact) mass is 336 g/mol. The van der Waals surface area contributed by atoms with E-state index in [0.29, 0.717) is 17.3 Å².